The van der Waals surface area contributed by atoms with Crippen LogP contribution in [0.25, 0.3) is 0 Å². The number of hydrogen-bond donors (Lipinski definition) is 2. The molecule has 0 aromatic carbocycles. The maximum atomic E-state index is 5.94. The van der Waals surface area contributed by atoms with Gasteiger partial charge in [-0.3, -0.25) is 16.0 Å². The highest BCUT2D eigenvalue weighted by Crippen LogP contribution is 2.46. The molecular weight excluding hydrogens is 248 g/mol. The van der Waals surface area contributed by atoms with Crippen LogP contribution in [-0.2, 0) is 13.5 Å². The van der Waals surface area contributed by atoms with E-state index in [1.807, 2.05) is 18.7 Å². The molecule has 1 atom stereocenters. The summed E-state index contributed by atoms with van der Waals surface area (Å²) in [7, 11) is 2.03. The highest BCUT2D eigenvalue weighted by molar-refractivity contribution is 5.12. The molecule has 1 fully saturated rings. The summed E-state index contributed by atoms with van der Waals surface area (Å²) in [6.45, 7) is 6.69. The van der Waals surface area contributed by atoms with Crippen LogP contribution in [0.1, 0.15) is 57.3 Å². The number of hydrogen-bond acceptors (Lipinski definition) is 3. The molecular formula is C16H30N4. The molecule has 2 rings (SSSR count). The van der Waals surface area contributed by atoms with Crippen LogP contribution in [0.5, 0.6) is 0 Å². The van der Waals surface area contributed by atoms with Crippen LogP contribution in [0.15, 0.2) is 6.07 Å². The monoisotopic (exact) mass is 278 g/mol. The van der Waals surface area contributed by atoms with Crippen molar-refractivity contribution in [1.82, 2.24) is 15.2 Å². The van der Waals surface area contributed by atoms with Gasteiger partial charge in [0.25, 0.3) is 0 Å². The summed E-state index contributed by atoms with van der Waals surface area (Å²) < 4.78 is 2.00. The van der Waals surface area contributed by atoms with Crippen LogP contribution in [0.4, 0.5) is 0 Å². The van der Waals surface area contributed by atoms with Crippen molar-refractivity contribution in [1.29, 1.82) is 0 Å². The molecule has 114 valence electrons. The number of rotatable bonds is 6. The second kappa shape index (κ2) is 6.27. The van der Waals surface area contributed by atoms with E-state index in [0.717, 1.165) is 18.0 Å². The van der Waals surface area contributed by atoms with Gasteiger partial charge in [0.2, 0.25) is 0 Å². The van der Waals surface area contributed by atoms with Crippen LogP contribution >= 0.6 is 0 Å². The van der Waals surface area contributed by atoms with Gasteiger partial charge in [0.1, 0.15) is 0 Å². The van der Waals surface area contributed by atoms with Gasteiger partial charge in [-0.25, -0.2) is 0 Å². The number of aryl methyl sites for hydroxylation is 2. The fourth-order valence-corrected chi connectivity index (χ4v) is 4.10. The van der Waals surface area contributed by atoms with E-state index >= 15 is 0 Å². The van der Waals surface area contributed by atoms with Crippen molar-refractivity contribution in [3.63, 3.8) is 0 Å². The zero-order valence-corrected chi connectivity index (χ0v) is 13.4. The lowest BCUT2D eigenvalue weighted by Crippen LogP contribution is -2.49. The molecule has 0 radical (unpaired) electrons. The predicted molar refractivity (Wildman–Crippen MR) is 83.1 cm³/mol. The van der Waals surface area contributed by atoms with E-state index in [0.29, 0.717) is 11.5 Å². The van der Waals surface area contributed by atoms with Crippen LogP contribution in [0, 0.1) is 18.3 Å². The van der Waals surface area contributed by atoms with E-state index in [1.165, 1.54) is 37.8 Å². The molecule has 0 spiro atoms. The first-order chi connectivity index (χ1) is 9.47. The third-order valence-electron chi connectivity index (χ3n) is 4.87. The molecule has 4 heteroatoms. The zero-order chi connectivity index (χ0) is 14.8. The molecule has 1 aliphatic carbocycles. The number of hydrazine groups is 1. The molecule has 3 N–H and O–H groups in total. The Kier molecular flexibility index (Phi) is 4.86. The van der Waals surface area contributed by atoms with Gasteiger partial charge in [-0.15, -0.1) is 0 Å². The highest BCUT2D eigenvalue weighted by Gasteiger charge is 2.41. The second-order valence-corrected chi connectivity index (χ2v) is 6.99. The van der Waals surface area contributed by atoms with Gasteiger partial charge in [0.15, 0.2) is 0 Å². The van der Waals surface area contributed by atoms with Gasteiger partial charge in [-0.05, 0) is 43.6 Å². The Morgan fingerprint density at radius 3 is 2.50 bits per heavy atom. The Morgan fingerprint density at radius 1 is 1.40 bits per heavy atom. The minimum absolute atomic E-state index is 0.349. The van der Waals surface area contributed by atoms with Gasteiger partial charge in [-0.2, -0.15) is 5.10 Å². The molecule has 1 unspecified atom stereocenters. The van der Waals surface area contributed by atoms with E-state index < -0.39 is 0 Å². The molecule has 1 aliphatic rings. The molecule has 0 saturated heterocycles. The summed E-state index contributed by atoms with van der Waals surface area (Å²) in [5.74, 6) is 6.66. The van der Waals surface area contributed by atoms with Gasteiger partial charge in [0, 0.05) is 25.2 Å². The average Bonchev–Trinajstić information content (AvgIpc) is 2.93. The molecule has 1 aromatic rings. The minimum Gasteiger partial charge on any atom is -0.272 e. The largest absolute Gasteiger partial charge is 0.272 e. The molecule has 0 aliphatic heterocycles. The van der Waals surface area contributed by atoms with Crippen molar-refractivity contribution in [2.45, 2.75) is 65.3 Å². The quantitative estimate of drug-likeness (QED) is 0.621. The first-order valence-corrected chi connectivity index (χ1v) is 7.92. The predicted octanol–water partition coefficient (Wildman–Crippen LogP) is 2.71. The number of nitrogens with one attached hydrogen (secondary N) is 1. The molecule has 1 heterocycles. The van der Waals surface area contributed by atoms with Crippen LogP contribution < -0.4 is 11.3 Å². The minimum atomic E-state index is 0.349. The van der Waals surface area contributed by atoms with E-state index in [1.54, 1.807) is 0 Å². The fourth-order valence-electron chi connectivity index (χ4n) is 4.10. The third-order valence-corrected chi connectivity index (χ3v) is 4.87. The van der Waals surface area contributed by atoms with E-state index in [2.05, 4.69) is 30.4 Å². The lowest BCUT2D eigenvalue weighted by Gasteiger charge is -2.39. The van der Waals surface area contributed by atoms with Crippen molar-refractivity contribution >= 4 is 0 Å². The summed E-state index contributed by atoms with van der Waals surface area (Å²) in [5, 5.41) is 4.46. The average molecular weight is 278 g/mol. The van der Waals surface area contributed by atoms with Crippen LogP contribution in [0.2, 0.25) is 0 Å². The molecule has 1 aromatic heterocycles. The zero-order valence-electron chi connectivity index (χ0n) is 13.4. The first-order valence-electron chi connectivity index (χ1n) is 7.92. The molecule has 20 heavy (non-hydrogen) atoms. The Morgan fingerprint density at radius 2 is 2.05 bits per heavy atom. The lowest BCUT2D eigenvalue weighted by molar-refractivity contribution is 0.153. The van der Waals surface area contributed by atoms with Crippen LogP contribution in [0.3, 0.4) is 0 Å². The summed E-state index contributed by atoms with van der Waals surface area (Å²) >= 11 is 0. The maximum Gasteiger partial charge on any atom is 0.0596 e. The van der Waals surface area contributed by atoms with Crippen molar-refractivity contribution in [3.8, 4) is 0 Å². The summed E-state index contributed by atoms with van der Waals surface area (Å²) in [4.78, 5) is 0. The molecule has 1 saturated carbocycles. The number of aromatic nitrogens is 2. The van der Waals surface area contributed by atoms with Gasteiger partial charge >= 0.3 is 0 Å². The SMILES string of the molecule is Cc1cc(CC(NN)C2(CC(C)C)CCCC2)n(C)n1. The third kappa shape index (κ3) is 3.23. The normalized spacial score (nSPS) is 19.7. The Balaban J connectivity index is 2.18. The molecule has 0 amide bonds. The van der Waals surface area contributed by atoms with E-state index in [-0.39, 0.29) is 0 Å². The summed E-state index contributed by atoms with van der Waals surface area (Å²) in [5.41, 5.74) is 5.86. The number of nitrogens with zero attached hydrogens (tertiary/aromatic N) is 2. The van der Waals surface area contributed by atoms with Gasteiger partial charge < -0.3 is 0 Å². The van der Waals surface area contributed by atoms with Crippen molar-refractivity contribution in [2.75, 3.05) is 0 Å². The van der Waals surface area contributed by atoms with Gasteiger partial charge in [0.05, 0.1) is 5.69 Å². The van der Waals surface area contributed by atoms with Crippen molar-refractivity contribution in [2.24, 2.45) is 24.2 Å². The summed E-state index contributed by atoms with van der Waals surface area (Å²) in [6, 6.07) is 2.53. The Hall–Kier alpha value is -0.870. The second-order valence-electron chi connectivity index (χ2n) is 6.99. The van der Waals surface area contributed by atoms with E-state index in [4.69, 9.17) is 5.84 Å². The van der Waals surface area contributed by atoms with E-state index in [9.17, 15) is 0 Å². The van der Waals surface area contributed by atoms with Crippen molar-refractivity contribution < 1.29 is 0 Å². The molecule has 0 bridgehead atoms. The van der Waals surface area contributed by atoms with Crippen LogP contribution in [-0.4, -0.2) is 15.8 Å². The smallest absolute Gasteiger partial charge is 0.0596 e. The molecule has 4 nitrogen and oxygen atoms in total. The number of nitrogens with two attached hydrogens (primary N) is 1. The van der Waals surface area contributed by atoms with Gasteiger partial charge in [-0.1, -0.05) is 26.7 Å². The first kappa shape index (κ1) is 15.5. The highest BCUT2D eigenvalue weighted by atomic mass is 15.3. The van der Waals surface area contributed by atoms with Crippen molar-refractivity contribution in [3.05, 3.63) is 17.5 Å². The Bertz CT molecular complexity index is 430. The maximum absolute atomic E-state index is 5.94. The fraction of sp³-hybridized carbons (Fsp3) is 0.812. The lowest BCUT2D eigenvalue weighted by atomic mass is 9.71. The Labute approximate surface area is 123 Å². The topological polar surface area (TPSA) is 55.9 Å². The summed E-state index contributed by atoms with van der Waals surface area (Å²) in [6.07, 6.45) is 7.53. The standard InChI is InChI=1S/C16H30N4/c1-12(2)11-16(7-5-6-8-16)15(18-17)10-14-9-13(3)19-20(14)4/h9,12,15,18H,5-8,10-11,17H2,1-4H3.